The molecule has 358 valence electrons. The van der Waals surface area contributed by atoms with E-state index in [9.17, 15) is 0 Å². The number of ether oxygens (including phenoxy) is 1. The van der Waals surface area contributed by atoms with Crippen molar-refractivity contribution in [3.8, 4) is 56.6 Å². The summed E-state index contributed by atoms with van der Waals surface area (Å²) in [5, 5.41) is 2.20. The quantitative estimate of drug-likeness (QED) is 0.113. The molecule has 9 aromatic carbocycles. The van der Waals surface area contributed by atoms with Gasteiger partial charge in [-0.2, -0.15) is 12.1 Å². The van der Waals surface area contributed by atoms with Crippen molar-refractivity contribution in [2.24, 2.45) is 0 Å². The molecule has 14 aromatic rings. The molecule has 0 saturated heterocycles. The first-order valence-corrected chi connectivity index (χ1v) is 23.8. The summed E-state index contributed by atoms with van der Waals surface area (Å²) in [7, 11) is 0. The number of aromatic nitrogens is 7. The zero-order chi connectivity index (χ0) is 57.5. The fourth-order valence-corrected chi connectivity index (χ4v) is 10.1. The Labute approximate surface area is 455 Å². The smallest absolute Gasteiger partial charge is 0.268 e. The van der Waals surface area contributed by atoms with Gasteiger partial charge in [0.1, 0.15) is 11.3 Å². The molecule has 0 fully saturated rings. The largest absolute Gasteiger partial charge is 0.510 e. The first-order chi connectivity index (χ1) is 40.0. The minimum atomic E-state index is -0.579. The van der Waals surface area contributed by atoms with Crippen LogP contribution in [0.4, 0.5) is 0 Å². The Balaban J connectivity index is 0.00000658. The van der Waals surface area contributed by atoms with Crippen molar-refractivity contribution >= 4 is 60.7 Å². The van der Waals surface area contributed by atoms with Crippen LogP contribution in [0.25, 0.3) is 106 Å². The van der Waals surface area contributed by atoms with Crippen molar-refractivity contribution in [3.05, 3.63) is 242 Å². The second kappa shape index (κ2) is 17.7. The van der Waals surface area contributed by atoms with Gasteiger partial charge in [0.25, 0.3) is 6.33 Å². The van der Waals surface area contributed by atoms with E-state index in [2.05, 4.69) is 103 Å². The molecule has 9 heteroatoms. The zero-order valence-electron chi connectivity index (χ0n) is 49.9. The molecule has 0 amide bonds. The van der Waals surface area contributed by atoms with Crippen molar-refractivity contribution in [1.29, 1.82) is 0 Å². The van der Waals surface area contributed by atoms with Crippen LogP contribution in [0.2, 0.25) is 0 Å². The van der Waals surface area contributed by atoms with Crippen molar-refractivity contribution in [2.75, 3.05) is 0 Å². The van der Waals surface area contributed by atoms with Gasteiger partial charge < -0.3 is 18.3 Å². The third-order valence-corrected chi connectivity index (χ3v) is 13.4. The summed E-state index contributed by atoms with van der Waals surface area (Å²) in [6.07, 6.45) is 5.25. The van der Waals surface area contributed by atoms with Gasteiger partial charge in [-0.1, -0.05) is 160 Å². The molecule has 0 aliphatic carbocycles. The number of imidazole rings is 3. The average molecular weight is 1150 g/mol. The fourth-order valence-electron chi connectivity index (χ4n) is 10.1. The van der Waals surface area contributed by atoms with Crippen molar-refractivity contribution < 1.29 is 44.1 Å². The Kier molecular flexibility index (Phi) is 8.46. The molecule has 0 aliphatic rings. The number of benzene rings is 9. The first kappa shape index (κ1) is 35.3. The molecule has 0 bridgehead atoms. The van der Waals surface area contributed by atoms with Gasteiger partial charge in [-0.05, 0) is 92.4 Å². The van der Waals surface area contributed by atoms with Crippen LogP contribution >= 0.6 is 0 Å². The summed E-state index contributed by atoms with van der Waals surface area (Å²) in [6, 6.07) is 50.1. The minimum absolute atomic E-state index is 0. The molecule has 0 N–H and O–H groups in total. The second-order valence-corrected chi connectivity index (χ2v) is 18.8. The predicted molar refractivity (Wildman–Crippen MR) is 293 cm³/mol. The Morgan fingerprint density at radius 3 is 2.03 bits per heavy atom. The molecule has 0 aliphatic heterocycles. The molecular formula is C65H45N7OPt-2. The molecule has 8 nitrogen and oxygen atoms in total. The SMILES string of the molecule is [2H]c1c([2H])c([2H])c(-c2cccc(-c3c([2H])c([2H])c([2H])c([2H])c3[2H])c2-[n+]2[c-]n(-c3[c-]c(Oc4[c-]c5c(cc4)n4c6ccc7c8ccccc8n(-c8ccccc8)c7c6nc4n5-c4cc(C(C)(C)C)ccn4)ccc3)c3ccccc32)c([2H])c1[2H].[Pt]. The second-order valence-electron chi connectivity index (χ2n) is 18.8. The summed E-state index contributed by atoms with van der Waals surface area (Å²) in [6.45, 7) is 6.50. The summed E-state index contributed by atoms with van der Waals surface area (Å²) in [5.41, 5.74) is 8.89. The number of hydrogen-bond donors (Lipinski definition) is 0. The molecule has 0 spiro atoms. The van der Waals surface area contributed by atoms with Crippen LogP contribution < -0.4 is 9.30 Å². The maximum absolute atomic E-state index is 9.08. The van der Waals surface area contributed by atoms with Crippen LogP contribution in [-0.4, -0.2) is 28.1 Å². The van der Waals surface area contributed by atoms with E-state index < -0.39 is 60.4 Å². The molecule has 14 rings (SSSR count). The molecule has 5 aromatic heterocycles. The number of pyridine rings is 1. The average Bonchev–Trinajstić information content (AvgIpc) is 1.69. The number of rotatable bonds is 8. The number of hydrogen-bond acceptors (Lipinski definition) is 3. The van der Waals surface area contributed by atoms with Crippen LogP contribution in [0, 0.1) is 18.5 Å². The van der Waals surface area contributed by atoms with E-state index in [1.807, 2.05) is 77.5 Å². The molecule has 0 atom stereocenters. The Morgan fingerprint density at radius 2 is 1.27 bits per heavy atom. The molecule has 74 heavy (non-hydrogen) atoms. The summed E-state index contributed by atoms with van der Waals surface area (Å²) in [4.78, 5) is 10.5. The monoisotopic (exact) mass is 1140 g/mol. The summed E-state index contributed by atoms with van der Waals surface area (Å²) < 4.78 is 104. The topological polar surface area (TPSA) is 58.1 Å². The Bertz CT molecular complexity index is 4940. The van der Waals surface area contributed by atoms with Crippen molar-refractivity contribution in [3.63, 3.8) is 0 Å². The molecule has 0 saturated carbocycles. The van der Waals surface area contributed by atoms with Crippen LogP contribution in [0.3, 0.4) is 0 Å². The normalized spacial score (nSPS) is 13.8. The van der Waals surface area contributed by atoms with Gasteiger partial charge in [-0.25, -0.2) is 9.97 Å². The van der Waals surface area contributed by atoms with Gasteiger partial charge in [0.05, 0.1) is 47.0 Å². The maximum atomic E-state index is 9.08. The van der Waals surface area contributed by atoms with Gasteiger partial charge in [0, 0.05) is 55.2 Å². The third kappa shape index (κ3) is 7.27. The predicted octanol–water partition coefficient (Wildman–Crippen LogP) is 15.0. The number of nitrogens with zero attached hydrogens (tertiary/aromatic N) is 7. The van der Waals surface area contributed by atoms with E-state index in [0.29, 0.717) is 45.3 Å². The van der Waals surface area contributed by atoms with Gasteiger partial charge in [0.15, 0.2) is 0 Å². The molecular weight excluding hydrogens is 1090 g/mol. The van der Waals surface area contributed by atoms with Crippen LogP contribution in [0.5, 0.6) is 11.5 Å². The van der Waals surface area contributed by atoms with E-state index in [0.717, 1.165) is 49.6 Å². The van der Waals surface area contributed by atoms with Crippen LogP contribution in [0.1, 0.15) is 40.0 Å². The minimum Gasteiger partial charge on any atom is -0.510 e. The number of para-hydroxylation sites is 5. The fraction of sp³-hybridized carbons (Fsp3) is 0.0615. The van der Waals surface area contributed by atoms with E-state index in [-0.39, 0.29) is 54.4 Å². The van der Waals surface area contributed by atoms with E-state index in [4.69, 9.17) is 28.4 Å². The molecule has 5 heterocycles. The van der Waals surface area contributed by atoms with E-state index in [1.165, 1.54) is 0 Å². The number of fused-ring (bicyclic) bond motifs is 10. The van der Waals surface area contributed by atoms with Crippen molar-refractivity contribution in [1.82, 2.24) is 28.1 Å². The molecule has 0 radical (unpaired) electrons. The van der Waals surface area contributed by atoms with Gasteiger partial charge in [-0.3, -0.25) is 9.13 Å². The zero-order valence-corrected chi connectivity index (χ0v) is 42.1. The molecule has 0 unspecified atom stereocenters. The van der Waals surface area contributed by atoms with Gasteiger partial charge >= 0.3 is 0 Å². The van der Waals surface area contributed by atoms with Crippen molar-refractivity contribution in [2.45, 2.75) is 26.2 Å². The Morgan fingerprint density at radius 1 is 0.595 bits per heavy atom. The Hall–Kier alpha value is -8.84. The summed E-state index contributed by atoms with van der Waals surface area (Å²) >= 11 is 0. The van der Waals surface area contributed by atoms with E-state index >= 15 is 0 Å². The summed E-state index contributed by atoms with van der Waals surface area (Å²) in [5.74, 6) is 2.00. The third-order valence-electron chi connectivity index (χ3n) is 13.4. The van der Waals surface area contributed by atoms with E-state index in [1.54, 1.807) is 39.5 Å². The van der Waals surface area contributed by atoms with Gasteiger partial charge in [0.2, 0.25) is 5.78 Å². The van der Waals surface area contributed by atoms with Crippen LogP contribution in [0.15, 0.2) is 218 Å². The van der Waals surface area contributed by atoms with Gasteiger partial charge in [-0.15, -0.1) is 30.3 Å². The first-order valence-electron chi connectivity index (χ1n) is 28.8. The standard InChI is InChI=1S/C65H45N7O.Pt/c1-65(2,3)45-37-38-66-60(39-45)72-59-41-49(33-35-57(59)71-58-36-34-53-52-27-13-14-30-54(52)70(46-23-11-6-12-24-46)63(53)61(58)67-64(71)72)73-48-26-17-25-47(40-48)68-42-69(56-32-16-15-31-55(56)68)62-50(43-19-7-4-8-20-43)28-18-29-51(62)44-21-9-5-10-22-44;/h4-39H,1-3H3;/q-2;/i4D,5D,7D,8D,9D,10D,19D,20D,21D,22D;. The van der Waals surface area contributed by atoms with Crippen LogP contribution in [-0.2, 0) is 26.5 Å². The maximum Gasteiger partial charge on any atom is 0.268 e.